The molecule has 4 aromatic heterocycles. The van der Waals surface area contributed by atoms with Crippen molar-refractivity contribution in [1.29, 1.82) is 0 Å². The van der Waals surface area contributed by atoms with Crippen LogP contribution < -0.4 is 32.8 Å². The molecule has 24 rings (SSSR count). The Labute approximate surface area is 747 Å². The van der Waals surface area contributed by atoms with E-state index in [0.717, 1.165) is 6.42 Å². The predicted octanol–water partition coefficient (Wildman–Crippen LogP) is 27.7. The lowest BCUT2D eigenvalue weighted by Crippen LogP contribution is -2.60. The lowest BCUT2D eigenvalue weighted by molar-refractivity contribution is 0.523. The highest BCUT2D eigenvalue weighted by Gasteiger charge is 2.48. The van der Waals surface area contributed by atoms with Gasteiger partial charge in [-0.15, -0.1) is 0 Å². The summed E-state index contributed by atoms with van der Waals surface area (Å²) < 4.78 is 10.9. The van der Waals surface area contributed by atoms with Crippen LogP contribution in [0.25, 0.3) is 177 Å². The van der Waals surface area contributed by atoms with Gasteiger partial charge in [0.15, 0.2) is 0 Å². The van der Waals surface area contributed by atoms with Crippen molar-refractivity contribution >= 4 is 133 Å². The maximum absolute atomic E-state index is 2.75. The van der Waals surface area contributed by atoms with Gasteiger partial charge in [0.1, 0.15) is 0 Å². The summed E-state index contributed by atoms with van der Waals surface area (Å²) in [6.07, 6.45) is 0.784. The fourth-order valence-corrected chi connectivity index (χ4v) is 23.2. The molecule has 0 saturated heterocycles. The Morgan fingerprint density at radius 3 is 1.13 bits per heavy atom. The molecule has 20 aromatic rings. The second kappa shape index (κ2) is 26.7. The first-order valence-corrected chi connectivity index (χ1v) is 46.1. The first-order valence-electron chi connectivity index (χ1n) is 46.1. The van der Waals surface area contributed by atoms with Gasteiger partial charge in [-0.3, -0.25) is 0 Å². The van der Waals surface area contributed by atoms with E-state index in [1.54, 1.807) is 0 Å². The van der Waals surface area contributed by atoms with Crippen molar-refractivity contribution < 1.29 is 0 Å². The molecule has 0 aliphatic carbocycles. The maximum Gasteiger partial charge on any atom is 0.253 e. The zero-order valence-electron chi connectivity index (χ0n) is 76.5. The Morgan fingerprint density at radius 2 is 0.638 bits per heavy atom. The van der Waals surface area contributed by atoms with Crippen LogP contribution >= 0.6 is 0 Å². The van der Waals surface area contributed by atoms with Crippen LogP contribution in [0.5, 0.6) is 0 Å². The standard InChI is InChI=1S/C121H106B2N4/c1-70-32-25-28-41-87(70)80-61-101-109-103(62-80)127-110(74-36-23-20-24-37-74)105(95-58-77-39-27-30-43-89(77)107(115(95)127)122(109)96-67-85(120(14,15)16)65-92-90-63-83(118(8,9)10)52-54-98(90)125(101)112(92)96)78-40-31-33-71(56-78)69-121(17,18)86-66-93-91-64-84(119(11,12)13)53-55-99(91)124-100-59-79(72-34-21-19-22-35-72)60-102-108(100)123(97(68-86)113(93)124)106-88-42-29-26-38-76(88)57-94-104(73-44-48-81(49-45-73)116(2,3)4)111(126(102)114(94)106)75-46-50-82(51-47-75)117(5,6)7/h19-68H,69H2,1-18H3. The lowest BCUT2D eigenvalue weighted by atomic mass is 9.33. The van der Waals surface area contributed by atoms with E-state index in [0.29, 0.717) is 0 Å². The molecule has 4 aliphatic rings. The van der Waals surface area contributed by atoms with E-state index in [1.807, 2.05) is 0 Å². The molecule has 616 valence electrons. The molecule has 0 spiro atoms. The first-order chi connectivity index (χ1) is 60.8. The molecular formula is C121H106B2N4. The highest BCUT2D eigenvalue weighted by Crippen LogP contribution is 2.53. The minimum Gasteiger partial charge on any atom is -0.310 e. The molecule has 16 aromatic carbocycles. The second-order valence-corrected chi connectivity index (χ2v) is 43.4. The van der Waals surface area contributed by atoms with E-state index < -0.39 is 5.41 Å². The number of aryl methyl sites for hydroxylation is 1. The van der Waals surface area contributed by atoms with Crippen molar-refractivity contribution in [3.05, 3.63) is 348 Å². The molecule has 8 heterocycles. The predicted molar refractivity (Wildman–Crippen MR) is 547 cm³/mol. The maximum atomic E-state index is 2.75. The van der Waals surface area contributed by atoms with Gasteiger partial charge in [0, 0.05) is 77.2 Å². The van der Waals surface area contributed by atoms with E-state index in [9.17, 15) is 0 Å². The summed E-state index contributed by atoms with van der Waals surface area (Å²) in [7, 11) is 0. The van der Waals surface area contributed by atoms with Crippen LogP contribution in [0.2, 0.25) is 0 Å². The normalized spacial score (nSPS) is 13.6. The summed E-state index contributed by atoms with van der Waals surface area (Å²) in [6, 6.07) is 120. The zero-order valence-corrected chi connectivity index (χ0v) is 76.5. The molecule has 0 N–H and O–H groups in total. The fourth-order valence-electron chi connectivity index (χ4n) is 23.2. The van der Waals surface area contributed by atoms with Crippen LogP contribution in [0.4, 0.5) is 0 Å². The van der Waals surface area contributed by atoms with Gasteiger partial charge in [-0.1, -0.05) is 348 Å². The highest BCUT2D eigenvalue weighted by atomic mass is 15.1. The Balaban J connectivity index is 0.754. The number of hydrogen-bond acceptors (Lipinski definition) is 0. The Hall–Kier alpha value is -13.2. The molecular weight excluding hydrogens is 1530 g/mol. The highest BCUT2D eigenvalue weighted by molar-refractivity contribution is 7.02. The smallest absolute Gasteiger partial charge is 0.253 e. The van der Waals surface area contributed by atoms with Crippen LogP contribution in [0.15, 0.2) is 303 Å². The minimum atomic E-state index is -0.407. The van der Waals surface area contributed by atoms with E-state index in [2.05, 4.69) is 446 Å². The molecule has 0 atom stereocenters. The molecule has 0 bridgehead atoms. The molecule has 0 saturated carbocycles. The van der Waals surface area contributed by atoms with Gasteiger partial charge in [-0.25, -0.2) is 0 Å². The third-order valence-corrected chi connectivity index (χ3v) is 29.7. The van der Waals surface area contributed by atoms with Crippen LogP contribution in [0.3, 0.4) is 0 Å². The largest absolute Gasteiger partial charge is 0.310 e. The first kappa shape index (κ1) is 77.4. The van der Waals surface area contributed by atoms with Gasteiger partial charge in [0.2, 0.25) is 0 Å². The molecule has 0 amide bonds. The number of rotatable bonds is 9. The van der Waals surface area contributed by atoms with Crippen molar-refractivity contribution in [1.82, 2.24) is 18.3 Å². The fraction of sp³-hybridized carbons (Fsp3) is 0.207. The quantitative estimate of drug-likeness (QED) is 0.128. The van der Waals surface area contributed by atoms with E-state index >= 15 is 0 Å². The summed E-state index contributed by atoms with van der Waals surface area (Å²) in [6.45, 7) is 42.5. The number of aromatic nitrogens is 4. The average molecular weight is 1640 g/mol. The molecule has 4 aliphatic heterocycles. The Morgan fingerprint density at radius 1 is 0.244 bits per heavy atom. The van der Waals surface area contributed by atoms with Crippen LogP contribution in [-0.2, 0) is 38.9 Å². The Kier molecular flexibility index (Phi) is 16.3. The van der Waals surface area contributed by atoms with Crippen molar-refractivity contribution in [2.75, 3.05) is 0 Å². The van der Waals surface area contributed by atoms with E-state index in [4.69, 9.17) is 0 Å². The monoisotopic (exact) mass is 1640 g/mol. The van der Waals surface area contributed by atoms with Crippen molar-refractivity contribution in [3.63, 3.8) is 0 Å². The third kappa shape index (κ3) is 11.4. The number of benzene rings is 16. The molecule has 0 unspecified atom stereocenters. The zero-order chi connectivity index (χ0) is 87.1. The molecule has 4 nitrogen and oxygen atoms in total. The van der Waals surface area contributed by atoms with Crippen LogP contribution in [0, 0.1) is 6.92 Å². The summed E-state index contributed by atoms with van der Waals surface area (Å²) in [5.41, 5.74) is 45.2. The van der Waals surface area contributed by atoms with E-state index in [1.165, 1.54) is 254 Å². The van der Waals surface area contributed by atoms with Crippen molar-refractivity contribution in [3.8, 4) is 89.8 Å². The van der Waals surface area contributed by atoms with Crippen molar-refractivity contribution in [2.45, 2.75) is 164 Å². The van der Waals surface area contributed by atoms with Crippen LogP contribution in [-0.4, -0.2) is 31.7 Å². The van der Waals surface area contributed by atoms with Gasteiger partial charge in [-0.05, 0) is 262 Å². The van der Waals surface area contributed by atoms with Gasteiger partial charge in [0.25, 0.3) is 13.4 Å². The lowest BCUT2D eigenvalue weighted by Gasteiger charge is -2.36. The van der Waals surface area contributed by atoms with Gasteiger partial charge in [0.05, 0.1) is 33.5 Å². The third-order valence-electron chi connectivity index (χ3n) is 29.7. The average Bonchev–Trinajstić information content (AvgIpc) is 1.53. The van der Waals surface area contributed by atoms with Gasteiger partial charge in [-0.2, -0.15) is 0 Å². The summed E-state index contributed by atoms with van der Waals surface area (Å²) in [5, 5.41) is 12.9. The number of fused-ring (bicyclic) bond motifs is 18. The van der Waals surface area contributed by atoms with Gasteiger partial charge >= 0.3 is 0 Å². The summed E-state index contributed by atoms with van der Waals surface area (Å²) in [4.78, 5) is 0. The van der Waals surface area contributed by atoms with E-state index in [-0.39, 0.29) is 40.5 Å². The number of hydrogen-bond donors (Lipinski definition) is 0. The summed E-state index contributed by atoms with van der Waals surface area (Å²) in [5.74, 6) is 0. The van der Waals surface area contributed by atoms with Crippen molar-refractivity contribution in [2.24, 2.45) is 0 Å². The molecule has 6 heteroatoms. The SMILES string of the molecule is Cc1ccccc1-c1cc2c3c(c1)-n1c4ccc(C(C)(C)C)cc4c4cc(C(C)(C)C)cc(c41)B3c1c3ccccc3cc3c(-c4cccc(CC(C)(C)c5cc6c7c(c5)c5cc(C(C)(C)C)ccc5n7-c5cc(-c7ccccc7)cc7c5B6c5c6ccccc6cc6c(-c8ccc(C(C)(C)C)cc8)c(-c8ccc(C(C)(C)C)cc8)n-7c56)c4)c(-c4ccccc4)n-2c13. The minimum absolute atomic E-state index is 0.0223. The molecule has 127 heavy (non-hydrogen) atoms. The Bertz CT molecular complexity index is 8180. The van der Waals surface area contributed by atoms with Gasteiger partial charge < -0.3 is 18.3 Å². The second-order valence-electron chi connectivity index (χ2n) is 43.4. The molecule has 0 radical (unpaired) electrons. The summed E-state index contributed by atoms with van der Waals surface area (Å²) >= 11 is 0. The number of nitrogens with zero attached hydrogens (tertiary/aromatic N) is 4. The topological polar surface area (TPSA) is 19.7 Å². The molecule has 0 fully saturated rings. The van der Waals surface area contributed by atoms with Crippen LogP contribution in [0.1, 0.15) is 162 Å².